The summed E-state index contributed by atoms with van der Waals surface area (Å²) in [7, 11) is 0. The van der Waals surface area contributed by atoms with Crippen molar-refractivity contribution >= 4 is 11.7 Å². The van der Waals surface area contributed by atoms with Gasteiger partial charge in [-0.2, -0.15) is 0 Å². The second kappa shape index (κ2) is 6.36. The number of rotatable bonds is 4. The minimum atomic E-state index is -1.21. The first-order chi connectivity index (χ1) is 9.58. The van der Waals surface area contributed by atoms with Gasteiger partial charge in [-0.15, -0.1) is 0 Å². The lowest BCUT2D eigenvalue weighted by Gasteiger charge is -2.18. The molecule has 1 N–H and O–H groups in total. The molecule has 1 aromatic carbocycles. The quantitative estimate of drug-likeness (QED) is 0.518. The fourth-order valence-electron chi connectivity index (χ4n) is 2.44. The summed E-state index contributed by atoms with van der Waals surface area (Å²) in [4.78, 5) is 21.3. The Balaban J connectivity index is 2.21. The van der Waals surface area contributed by atoms with E-state index >= 15 is 0 Å². The van der Waals surface area contributed by atoms with Crippen molar-refractivity contribution in [3.63, 3.8) is 0 Å². The van der Waals surface area contributed by atoms with Crippen LogP contribution in [0.15, 0.2) is 18.2 Å². The third-order valence-electron chi connectivity index (χ3n) is 3.50. The number of hydrogen-bond acceptors (Lipinski definition) is 4. The number of nitro groups is 1. The number of nitrogens with zero attached hydrogens (tertiary/aromatic N) is 1. The zero-order valence-corrected chi connectivity index (χ0v) is 11.1. The maximum atomic E-state index is 11.2. The average molecular weight is 279 g/mol. The van der Waals surface area contributed by atoms with E-state index in [1.54, 1.807) is 0 Å². The molecule has 6 nitrogen and oxygen atoms in total. The highest BCUT2D eigenvalue weighted by Crippen LogP contribution is 2.28. The number of non-ortho nitro benzene ring substituents is 1. The number of benzene rings is 1. The summed E-state index contributed by atoms with van der Waals surface area (Å²) in [5.41, 5.74) is -0.390. The Morgan fingerprint density at radius 1 is 1.25 bits per heavy atom. The molecule has 1 aliphatic rings. The zero-order chi connectivity index (χ0) is 14.5. The Morgan fingerprint density at radius 2 is 1.90 bits per heavy atom. The number of nitro benzene ring substituents is 1. The Hall–Kier alpha value is -2.11. The Kier molecular flexibility index (Phi) is 4.55. The van der Waals surface area contributed by atoms with E-state index in [0.29, 0.717) is 0 Å². The summed E-state index contributed by atoms with van der Waals surface area (Å²) in [5, 5.41) is 19.8. The molecule has 1 aromatic rings. The number of carboxylic acid groups (broad SMARTS) is 1. The molecule has 2 rings (SSSR count). The van der Waals surface area contributed by atoms with Crippen LogP contribution in [0.5, 0.6) is 5.75 Å². The first kappa shape index (κ1) is 14.3. The molecule has 0 radical (unpaired) electrons. The molecule has 0 heterocycles. The molecular formula is C14H17NO5. The van der Waals surface area contributed by atoms with Crippen LogP contribution in [0, 0.1) is 10.1 Å². The van der Waals surface area contributed by atoms with Gasteiger partial charge in [0.2, 0.25) is 0 Å². The molecule has 0 atom stereocenters. The maximum Gasteiger partial charge on any atom is 0.339 e. The number of hydrogen-bond donors (Lipinski definition) is 1. The third kappa shape index (κ3) is 3.46. The summed E-state index contributed by atoms with van der Waals surface area (Å²) < 4.78 is 5.76. The monoisotopic (exact) mass is 279 g/mol. The predicted octanol–water partition coefficient (Wildman–Crippen LogP) is 3.39. The van der Waals surface area contributed by atoms with Crippen molar-refractivity contribution in [1.29, 1.82) is 0 Å². The van der Waals surface area contributed by atoms with Crippen LogP contribution in [0.3, 0.4) is 0 Å². The Bertz CT molecular complexity index is 506. The highest BCUT2D eigenvalue weighted by Gasteiger charge is 2.20. The molecule has 6 heteroatoms. The molecule has 108 valence electrons. The lowest BCUT2D eigenvalue weighted by Crippen LogP contribution is -2.17. The molecular weight excluding hydrogens is 262 g/mol. The zero-order valence-electron chi connectivity index (χ0n) is 11.1. The van der Waals surface area contributed by atoms with E-state index in [4.69, 9.17) is 9.84 Å². The van der Waals surface area contributed by atoms with E-state index in [0.717, 1.165) is 31.7 Å². The molecule has 20 heavy (non-hydrogen) atoms. The molecule has 1 saturated carbocycles. The number of ether oxygens (including phenoxy) is 1. The molecule has 0 bridgehead atoms. The molecule has 0 aliphatic heterocycles. The van der Waals surface area contributed by atoms with Gasteiger partial charge in [-0.25, -0.2) is 4.79 Å². The predicted molar refractivity (Wildman–Crippen MR) is 72.2 cm³/mol. The number of carboxylic acids is 1. The highest BCUT2D eigenvalue weighted by molar-refractivity contribution is 5.91. The Morgan fingerprint density at radius 3 is 2.45 bits per heavy atom. The number of aromatic carboxylic acids is 1. The van der Waals surface area contributed by atoms with Crippen LogP contribution in [-0.2, 0) is 0 Å². The lowest BCUT2D eigenvalue weighted by atomic mass is 10.1. The molecule has 0 aromatic heterocycles. The van der Waals surface area contributed by atoms with Crippen LogP contribution >= 0.6 is 0 Å². The summed E-state index contributed by atoms with van der Waals surface area (Å²) in [6.45, 7) is 0. The van der Waals surface area contributed by atoms with Crippen molar-refractivity contribution in [3.05, 3.63) is 33.9 Å². The van der Waals surface area contributed by atoms with Gasteiger partial charge in [0.1, 0.15) is 11.3 Å². The van der Waals surface area contributed by atoms with Gasteiger partial charge in [0.25, 0.3) is 5.69 Å². The second-order valence-corrected chi connectivity index (χ2v) is 4.97. The van der Waals surface area contributed by atoms with Crippen molar-refractivity contribution in [1.82, 2.24) is 0 Å². The van der Waals surface area contributed by atoms with Gasteiger partial charge in [0.05, 0.1) is 11.0 Å². The third-order valence-corrected chi connectivity index (χ3v) is 3.50. The smallest absolute Gasteiger partial charge is 0.339 e. The first-order valence-electron chi connectivity index (χ1n) is 6.76. The fourth-order valence-corrected chi connectivity index (χ4v) is 2.44. The second-order valence-electron chi connectivity index (χ2n) is 4.97. The minimum absolute atomic E-state index is 0.00273. The maximum absolute atomic E-state index is 11.2. The summed E-state index contributed by atoms with van der Waals surface area (Å²) in [6.07, 6.45) is 6.28. The molecule has 0 amide bonds. The normalized spacial score (nSPS) is 16.4. The first-order valence-corrected chi connectivity index (χ1v) is 6.76. The van der Waals surface area contributed by atoms with E-state index in [-0.39, 0.29) is 23.1 Å². The fraction of sp³-hybridized carbons (Fsp3) is 0.500. The van der Waals surface area contributed by atoms with Gasteiger partial charge < -0.3 is 9.84 Å². The lowest BCUT2D eigenvalue weighted by molar-refractivity contribution is -0.384. The van der Waals surface area contributed by atoms with Crippen molar-refractivity contribution < 1.29 is 19.6 Å². The SMILES string of the molecule is O=C(O)c1cc([N+](=O)[O-])ccc1OC1CCCCCC1. The van der Waals surface area contributed by atoms with Crippen LogP contribution in [0.25, 0.3) is 0 Å². The topological polar surface area (TPSA) is 89.7 Å². The van der Waals surface area contributed by atoms with Crippen molar-refractivity contribution in [2.45, 2.75) is 44.6 Å². The molecule has 1 aliphatic carbocycles. The average Bonchev–Trinajstić information content (AvgIpc) is 2.67. The highest BCUT2D eigenvalue weighted by atomic mass is 16.6. The van der Waals surface area contributed by atoms with E-state index in [2.05, 4.69) is 0 Å². The van der Waals surface area contributed by atoms with Crippen molar-refractivity contribution in [2.24, 2.45) is 0 Å². The standard InChI is InChI=1S/C14H17NO5/c16-14(17)12-9-10(15(18)19)7-8-13(12)20-11-5-3-1-2-4-6-11/h7-9,11H,1-6H2,(H,16,17). The molecule has 1 fully saturated rings. The van der Waals surface area contributed by atoms with E-state index < -0.39 is 10.9 Å². The molecule has 0 unspecified atom stereocenters. The van der Waals surface area contributed by atoms with E-state index in [1.165, 1.54) is 25.0 Å². The van der Waals surface area contributed by atoms with Gasteiger partial charge in [0, 0.05) is 12.1 Å². The van der Waals surface area contributed by atoms with E-state index in [1.807, 2.05) is 0 Å². The van der Waals surface area contributed by atoms with Crippen LogP contribution < -0.4 is 4.74 Å². The largest absolute Gasteiger partial charge is 0.490 e. The van der Waals surface area contributed by atoms with Crippen LogP contribution in [0.1, 0.15) is 48.9 Å². The summed E-state index contributed by atoms with van der Waals surface area (Å²) in [5.74, 6) is -0.993. The van der Waals surface area contributed by atoms with Gasteiger partial charge in [-0.3, -0.25) is 10.1 Å². The van der Waals surface area contributed by atoms with Crippen molar-refractivity contribution in [2.75, 3.05) is 0 Å². The van der Waals surface area contributed by atoms with Gasteiger partial charge >= 0.3 is 5.97 Å². The molecule has 0 saturated heterocycles. The number of carbonyl (C=O) groups is 1. The van der Waals surface area contributed by atoms with Crippen LogP contribution in [0.4, 0.5) is 5.69 Å². The Labute approximate surface area is 116 Å². The van der Waals surface area contributed by atoms with Gasteiger partial charge in [0.15, 0.2) is 0 Å². The van der Waals surface area contributed by atoms with Gasteiger partial charge in [-0.1, -0.05) is 12.8 Å². The van der Waals surface area contributed by atoms with Crippen LogP contribution in [0.2, 0.25) is 0 Å². The summed E-state index contributed by atoms with van der Waals surface area (Å²) in [6, 6.07) is 3.71. The summed E-state index contributed by atoms with van der Waals surface area (Å²) >= 11 is 0. The molecule has 0 spiro atoms. The van der Waals surface area contributed by atoms with Crippen LogP contribution in [-0.4, -0.2) is 22.1 Å². The van der Waals surface area contributed by atoms with E-state index in [9.17, 15) is 14.9 Å². The van der Waals surface area contributed by atoms with Gasteiger partial charge in [-0.05, 0) is 31.7 Å². The van der Waals surface area contributed by atoms with Crippen molar-refractivity contribution in [3.8, 4) is 5.75 Å². The minimum Gasteiger partial charge on any atom is -0.490 e.